The van der Waals surface area contributed by atoms with Crippen LogP contribution in [0, 0.1) is 11.8 Å². The largest absolute Gasteiger partial charge is 0.465 e. The molecule has 0 saturated carbocycles. The quantitative estimate of drug-likeness (QED) is 0.483. The van der Waals surface area contributed by atoms with Gasteiger partial charge >= 0.3 is 5.97 Å². The number of esters is 1. The molecular weight excluding hydrogens is 268 g/mol. The Kier molecular flexibility index (Phi) is 5.40. The van der Waals surface area contributed by atoms with E-state index in [0.29, 0.717) is 4.88 Å². The van der Waals surface area contributed by atoms with E-state index in [1.54, 1.807) is 0 Å². The van der Waals surface area contributed by atoms with Crippen LogP contribution in [0.4, 0.5) is 0 Å². The van der Waals surface area contributed by atoms with Crippen molar-refractivity contribution < 1.29 is 9.53 Å². The smallest absolute Gasteiger partial charge is 0.349 e. The van der Waals surface area contributed by atoms with E-state index in [2.05, 4.69) is 36.1 Å². The minimum atomic E-state index is -0.311. The molecule has 0 radical (unpaired) electrons. The van der Waals surface area contributed by atoms with Gasteiger partial charge in [0.15, 0.2) is 0 Å². The normalized spacial score (nSPS) is 9.65. The summed E-state index contributed by atoms with van der Waals surface area (Å²) in [5.41, 5.74) is 2.10. The summed E-state index contributed by atoms with van der Waals surface area (Å²) in [6.07, 6.45) is 2.88. The van der Waals surface area contributed by atoms with Gasteiger partial charge in [-0.15, -0.1) is 11.3 Å². The van der Waals surface area contributed by atoms with Gasteiger partial charge in [0.1, 0.15) is 4.88 Å². The van der Waals surface area contributed by atoms with Crippen molar-refractivity contribution in [3.63, 3.8) is 0 Å². The molecule has 0 fully saturated rings. The molecule has 0 atom stereocenters. The summed E-state index contributed by atoms with van der Waals surface area (Å²) in [5, 5.41) is 1.86. The Balaban J connectivity index is 1.86. The van der Waals surface area contributed by atoms with E-state index in [-0.39, 0.29) is 5.97 Å². The minimum absolute atomic E-state index is 0.311. The monoisotopic (exact) mass is 284 g/mol. The summed E-state index contributed by atoms with van der Waals surface area (Å²) in [4.78, 5) is 12.1. The predicted octanol–water partition coefficient (Wildman–Crippen LogP) is 3.91. The average molecular weight is 284 g/mol. The molecule has 2 aromatic rings. The van der Waals surface area contributed by atoms with Gasteiger partial charge < -0.3 is 4.74 Å². The Hall–Kier alpha value is -2.05. The van der Waals surface area contributed by atoms with Crippen LogP contribution in [-0.4, -0.2) is 13.1 Å². The summed E-state index contributed by atoms with van der Waals surface area (Å²) >= 11 is 1.37. The SMILES string of the molecule is COC(=O)c1sccc1C#CCCCc1ccccc1. The van der Waals surface area contributed by atoms with E-state index in [1.165, 1.54) is 24.0 Å². The number of carbonyl (C=O) groups excluding carboxylic acids is 1. The molecule has 3 heteroatoms. The van der Waals surface area contributed by atoms with Crippen LogP contribution in [0.15, 0.2) is 41.8 Å². The van der Waals surface area contributed by atoms with Gasteiger partial charge in [0.05, 0.1) is 7.11 Å². The first-order chi connectivity index (χ1) is 9.81. The maximum absolute atomic E-state index is 11.5. The molecule has 1 heterocycles. The fraction of sp³-hybridized carbons (Fsp3) is 0.235. The molecule has 0 aliphatic carbocycles. The molecule has 0 saturated heterocycles. The number of benzene rings is 1. The third kappa shape index (κ3) is 3.97. The molecular formula is C17H16O2S. The zero-order valence-corrected chi connectivity index (χ0v) is 12.2. The average Bonchev–Trinajstić information content (AvgIpc) is 2.95. The van der Waals surface area contributed by atoms with Crippen LogP contribution in [0.25, 0.3) is 0 Å². The van der Waals surface area contributed by atoms with E-state index >= 15 is 0 Å². The fourth-order valence-electron chi connectivity index (χ4n) is 1.84. The van der Waals surface area contributed by atoms with Gasteiger partial charge in [0, 0.05) is 12.0 Å². The Morgan fingerprint density at radius 1 is 1.25 bits per heavy atom. The van der Waals surface area contributed by atoms with Gasteiger partial charge in [0.2, 0.25) is 0 Å². The van der Waals surface area contributed by atoms with Crippen molar-refractivity contribution in [2.24, 2.45) is 0 Å². The van der Waals surface area contributed by atoms with Gasteiger partial charge in [0.25, 0.3) is 0 Å². The maximum Gasteiger partial charge on any atom is 0.349 e. The van der Waals surface area contributed by atoms with Crippen molar-refractivity contribution in [3.8, 4) is 11.8 Å². The van der Waals surface area contributed by atoms with Crippen LogP contribution < -0.4 is 0 Å². The van der Waals surface area contributed by atoms with E-state index in [9.17, 15) is 4.79 Å². The van der Waals surface area contributed by atoms with E-state index < -0.39 is 0 Å². The van der Waals surface area contributed by atoms with Crippen molar-refractivity contribution in [2.45, 2.75) is 19.3 Å². The second-order valence-electron chi connectivity index (χ2n) is 4.30. The van der Waals surface area contributed by atoms with Crippen molar-refractivity contribution >= 4 is 17.3 Å². The zero-order chi connectivity index (χ0) is 14.2. The second kappa shape index (κ2) is 7.52. The van der Waals surface area contributed by atoms with E-state index in [1.807, 2.05) is 17.5 Å². The lowest BCUT2D eigenvalue weighted by Gasteiger charge is -1.97. The molecule has 102 valence electrons. The van der Waals surface area contributed by atoms with Gasteiger partial charge in [-0.2, -0.15) is 0 Å². The van der Waals surface area contributed by atoms with E-state index in [0.717, 1.165) is 24.8 Å². The number of hydrogen-bond donors (Lipinski definition) is 0. The van der Waals surface area contributed by atoms with Crippen LogP contribution >= 0.6 is 11.3 Å². The number of carbonyl (C=O) groups is 1. The zero-order valence-electron chi connectivity index (χ0n) is 11.4. The van der Waals surface area contributed by atoms with Gasteiger partial charge in [-0.05, 0) is 29.9 Å². The highest BCUT2D eigenvalue weighted by molar-refractivity contribution is 7.12. The van der Waals surface area contributed by atoms with Gasteiger partial charge in [-0.25, -0.2) is 4.79 Å². The molecule has 0 bridgehead atoms. The van der Waals surface area contributed by atoms with Crippen LogP contribution in [-0.2, 0) is 11.2 Å². The number of methoxy groups -OCH3 is 1. The van der Waals surface area contributed by atoms with Crippen molar-refractivity contribution in [3.05, 3.63) is 57.8 Å². The number of ether oxygens (including phenoxy) is 1. The van der Waals surface area contributed by atoms with Crippen LogP contribution in [0.2, 0.25) is 0 Å². The molecule has 0 aliphatic rings. The molecule has 0 amide bonds. The molecule has 1 aromatic carbocycles. The Bertz CT molecular complexity index is 617. The molecule has 2 nitrogen and oxygen atoms in total. The maximum atomic E-state index is 11.5. The van der Waals surface area contributed by atoms with Crippen molar-refractivity contribution in [2.75, 3.05) is 7.11 Å². The predicted molar refractivity (Wildman–Crippen MR) is 81.9 cm³/mol. The summed E-state index contributed by atoms with van der Waals surface area (Å²) in [5.74, 6) is 5.87. The molecule has 0 N–H and O–H groups in total. The highest BCUT2D eigenvalue weighted by atomic mass is 32.1. The van der Waals surface area contributed by atoms with Crippen LogP contribution in [0.1, 0.15) is 33.6 Å². The fourth-order valence-corrected chi connectivity index (χ4v) is 2.61. The standard InChI is InChI=1S/C17H16O2S/c1-19-17(18)16-15(12-13-20-16)11-7-3-6-10-14-8-4-2-5-9-14/h2,4-5,8-9,12-13H,3,6,10H2,1H3. The van der Waals surface area contributed by atoms with Crippen molar-refractivity contribution in [1.82, 2.24) is 0 Å². The third-order valence-corrected chi connectivity index (χ3v) is 3.76. The van der Waals surface area contributed by atoms with E-state index in [4.69, 9.17) is 4.74 Å². The lowest BCUT2D eigenvalue weighted by atomic mass is 10.1. The number of aryl methyl sites for hydroxylation is 1. The Morgan fingerprint density at radius 3 is 2.80 bits per heavy atom. The first-order valence-electron chi connectivity index (χ1n) is 6.50. The van der Waals surface area contributed by atoms with Crippen LogP contribution in [0.3, 0.4) is 0 Å². The molecule has 0 unspecified atom stereocenters. The molecule has 20 heavy (non-hydrogen) atoms. The molecule has 2 rings (SSSR count). The van der Waals surface area contributed by atoms with Crippen LogP contribution in [0.5, 0.6) is 0 Å². The Labute approximate surface area is 123 Å². The molecule has 0 spiro atoms. The topological polar surface area (TPSA) is 26.3 Å². The summed E-state index contributed by atoms with van der Waals surface area (Å²) < 4.78 is 4.72. The van der Waals surface area contributed by atoms with Gasteiger partial charge in [-0.1, -0.05) is 42.2 Å². The van der Waals surface area contributed by atoms with Crippen molar-refractivity contribution in [1.29, 1.82) is 0 Å². The van der Waals surface area contributed by atoms with Gasteiger partial charge in [-0.3, -0.25) is 0 Å². The Morgan fingerprint density at radius 2 is 2.05 bits per heavy atom. The molecule has 1 aromatic heterocycles. The highest BCUT2D eigenvalue weighted by Gasteiger charge is 2.11. The summed E-state index contributed by atoms with van der Waals surface area (Å²) in [7, 11) is 1.39. The number of rotatable bonds is 4. The first-order valence-corrected chi connectivity index (χ1v) is 7.38. The first kappa shape index (κ1) is 14.4. The summed E-state index contributed by atoms with van der Waals surface area (Å²) in [6, 6.07) is 12.2. The minimum Gasteiger partial charge on any atom is -0.465 e. The second-order valence-corrected chi connectivity index (χ2v) is 5.21. The molecule has 0 aliphatic heterocycles. The highest BCUT2D eigenvalue weighted by Crippen LogP contribution is 2.16. The number of hydrogen-bond acceptors (Lipinski definition) is 3. The lowest BCUT2D eigenvalue weighted by Crippen LogP contribution is -1.99. The number of thiophene rings is 1. The summed E-state index contributed by atoms with van der Waals surface area (Å²) in [6.45, 7) is 0. The third-order valence-electron chi connectivity index (χ3n) is 2.87. The number of unbranched alkanes of at least 4 members (excludes halogenated alkanes) is 1. The lowest BCUT2D eigenvalue weighted by molar-refractivity contribution is 0.0606.